The lowest BCUT2D eigenvalue weighted by Gasteiger charge is -2.29. The van der Waals surface area contributed by atoms with Crippen LogP contribution in [-0.2, 0) is 25.2 Å². The maximum atomic E-state index is 12.2. The van der Waals surface area contributed by atoms with Gasteiger partial charge in [0.05, 0.1) is 12.5 Å². The van der Waals surface area contributed by atoms with Gasteiger partial charge in [0.25, 0.3) is 0 Å². The highest BCUT2D eigenvalue weighted by Gasteiger charge is 2.29. The number of carbonyl (C=O) groups excluding carboxylic acids is 2. The average Bonchev–Trinajstić information content (AvgIpc) is 2.51. The molecule has 1 atom stereocenters. The van der Waals surface area contributed by atoms with Gasteiger partial charge >= 0.3 is 5.97 Å². The third-order valence-corrected chi connectivity index (χ3v) is 4.86. The van der Waals surface area contributed by atoms with Crippen molar-refractivity contribution in [2.24, 2.45) is 0 Å². The first-order valence-electron chi connectivity index (χ1n) is 9.55. The van der Waals surface area contributed by atoms with Gasteiger partial charge in [0.1, 0.15) is 5.75 Å². The largest absolute Gasteiger partial charge is 0.507 e. The number of ether oxygens (including phenoxy) is 1. The van der Waals surface area contributed by atoms with Crippen molar-refractivity contribution in [2.75, 3.05) is 6.61 Å². The number of phenols is 1. The van der Waals surface area contributed by atoms with E-state index in [9.17, 15) is 14.7 Å². The lowest BCUT2D eigenvalue weighted by atomic mass is 9.76. The van der Waals surface area contributed by atoms with Crippen LogP contribution >= 0.6 is 12.6 Å². The van der Waals surface area contributed by atoms with E-state index < -0.39 is 5.92 Å². The van der Waals surface area contributed by atoms with Crippen LogP contribution in [0.2, 0.25) is 0 Å². The fourth-order valence-corrected chi connectivity index (χ4v) is 3.26. The number of thiol groups is 1. The smallest absolute Gasteiger partial charge is 0.305 e. The quantitative estimate of drug-likeness (QED) is 0.489. The predicted molar refractivity (Wildman–Crippen MR) is 113 cm³/mol. The van der Waals surface area contributed by atoms with Crippen LogP contribution in [0.1, 0.15) is 90.3 Å². The lowest BCUT2D eigenvalue weighted by Crippen LogP contribution is -2.20. The summed E-state index contributed by atoms with van der Waals surface area (Å²) in [6.45, 7) is 14.5. The Labute approximate surface area is 169 Å². The third-order valence-electron chi connectivity index (χ3n) is 4.55. The Kier molecular flexibility index (Phi) is 7.97. The molecule has 1 rings (SSSR count). The molecule has 0 spiro atoms. The number of phenolic OH excluding ortho intramolecular Hbond substituents is 1. The summed E-state index contributed by atoms with van der Waals surface area (Å²) in [7, 11) is 0. The van der Waals surface area contributed by atoms with Gasteiger partial charge in [0.15, 0.2) is 5.12 Å². The second-order valence-electron chi connectivity index (χ2n) is 9.11. The molecule has 152 valence electrons. The summed E-state index contributed by atoms with van der Waals surface area (Å²) in [5.74, 6) is -0.556. The van der Waals surface area contributed by atoms with Crippen LogP contribution in [-0.4, -0.2) is 22.8 Å². The van der Waals surface area contributed by atoms with Crippen LogP contribution in [0.25, 0.3) is 0 Å². The zero-order valence-electron chi connectivity index (χ0n) is 17.7. The standard InChI is InChI=1S/C22H34O4S/c1-8-11-26-18(23)10-9-15(20(25)27)14-12-16(21(2,3)4)19(24)17(13-14)22(5,6)7/h12-13,15,24H,8-11H2,1-7H3,(H,25,27). The molecule has 0 bridgehead atoms. The molecule has 0 aliphatic heterocycles. The first kappa shape index (κ1) is 23.5. The number of esters is 1. The van der Waals surface area contributed by atoms with E-state index in [-0.39, 0.29) is 34.1 Å². The normalized spacial score (nSPS) is 13.3. The van der Waals surface area contributed by atoms with Crippen LogP contribution in [0.5, 0.6) is 5.75 Å². The number of rotatable bonds is 7. The van der Waals surface area contributed by atoms with Crippen molar-refractivity contribution in [1.82, 2.24) is 0 Å². The number of benzene rings is 1. The van der Waals surface area contributed by atoms with E-state index in [2.05, 4.69) is 12.6 Å². The summed E-state index contributed by atoms with van der Waals surface area (Å²) in [6, 6.07) is 3.75. The molecule has 1 N–H and O–H groups in total. The second kappa shape index (κ2) is 9.13. The highest BCUT2D eigenvalue weighted by molar-refractivity contribution is 7.96. The van der Waals surface area contributed by atoms with Gasteiger partial charge in [-0.15, -0.1) is 12.6 Å². The molecule has 0 saturated heterocycles. The Morgan fingerprint density at radius 3 is 1.93 bits per heavy atom. The van der Waals surface area contributed by atoms with Gasteiger partial charge in [-0.25, -0.2) is 0 Å². The van der Waals surface area contributed by atoms with Crippen LogP contribution in [0.15, 0.2) is 12.1 Å². The average molecular weight is 395 g/mol. The van der Waals surface area contributed by atoms with E-state index in [4.69, 9.17) is 4.74 Å². The van der Waals surface area contributed by atoms with E-state index in [1.807, 2.05) is 60.6 Å². The fourth-order valence-electron chi connectivity index (χ4n) is 2.98. The minimum Gasteiger partial charge on any atom is -0.507 e. The molecule has 1 aromatic carbocycles. The molecule has 4 nitrogen and oxygen atoms in total. The first-order chi connectivity index (χ1) is 12.3. The molecule has 5 heteroatoms. The number of hydrogen-bond acceptors (Lipinski definition) is 4. The van der Waals surface area contributed by atoms with Gasteiger partial charge in [-0.1, -0.05) is 60.6 Å². The zero-order valence-corrected chi connectivity index (χ0v) is 18.6. The summed E-state index contributed by atoms with van der Waals surface area (Å²) in [4.78, 5) is 24.1. The van der Waals surface area contributed by atoms with E-state index in [1.54, 1.807) is 0 Å². The van der Waals surface area contributed by atoms with Crippen molar-refractivity contribution in [3.05, 3.63) is 28.8 Å². The van der Waals surface area contributed by atoms with Crippen molar-refractivity contribution in [1.29, 1.82) is 0 Å². The van der Waals surface area contributed by atoms with Crippen molar-refractivity contribution in [3.8, 4) is 5.75 Å². The van der Waals surface area contributed by atoms with Crippen molar-refractivity contribution < 1.29 is 19.4 Å². The molecule has 0 radical (unpaired) electrons. The third kappa shape index (κ3) is 6.56. The zero-order chi connectivity index (χ0) is 21.0. The second-order valence-corrected chi connectivity index (χ2v) is 9.56. The molecule has 0 aliphatic carbocycles. The molecule has 0 saturated carbocycles. The summed E-state index contributed by atoms with van der Waals surface area (Å²) < 4.78 is 5.12. The van der Waals surface area contributed by atoms with E-state index in [0.717, 1.165) is 23.1 Å². The molecule has 1 aromatic rings. The highest BCUT2D eigenvalue weighted by Crippen LogP contribution is 2.42. The Morgan fingerprint density at radius 1 is 1.07 bits per heavy atom. The summed E-state index contributed by atoms with van der Waals surface area (Å²) in [5.41, 5.74) is 1.79. The maximum absolute atomic E-state index is 12.2. The number of aromatic hydroxyl groups is 1. The number of carbonyl (C=O) groups is 2. The molecule has 0 amide bonds. The van der Waals surface area contributed by atoms with Crippen LogP contribution < -0.4 is 0 Å². The Morgan fingerprint density at radius 2 is 1.56 bits per heavy atom. The summed E-state index contributed by atoms with van der Waals surface area (Å²) in [5, 5.41) is 10.6. The van der Waals surface area contributed by atoms with Gasteiger partial charge in [-0.3, -0.25) is 9.59 Å². The van der Waals surface area contributed by atoms with Crippen molar-refractivity contribution >= 4 is 23.7 Å². The molecule has 0 aliphatic rings. The monoisotopic (exact) mass is 394 g/mol. The lowest BCUT2D eigenvalue weighted by molar-refractivity contribution is -0.143. The minimum absolute atomic E-state index is 0.160. The van der Waals surface area contributed by atoms with E-state index >= 15 is 0 Å². The molecular weight excluding hydrogens is 360 g/mol. The molecule has 27 heavy (non-hydrogen) atoms. The molecule has 1 unspecified atom stereocenters. The molecule has 0 aromatic heterocycles. The van der Waals surface area contributed by atoms with Crippen LogP contribution in [0, 0.1) is 0 Å². The summed E-state index contributed by atoms with van der Waals surface area (Å²) >= 11 is 4.06. The Hall–Kier alpha value is -1.49. The van der Waals surface area contributed by atoms with E-state index in [0.29, 0.717) is 13.0 Å². The van der Waals surface area contributed by atoms with Gasteiger partial charge < -0.3 is 9.84 Å². The van der Waals surface area contributed by atoms with Crippen molar-refractivity contribution in [2.45, 2.75) is 84.5 Å². The van der Waals surface area contributed by atoms with Gasteiger partial charge in [-0.05, 0) is 40.4 Å². The van der Waals surface area contributed by atoms with Crippen LogP contribution in [0.3, 0.4) is 0 Å². The van der Waals surface area contributed by atoms with E-state index in [1.165, 1.54) is 0 Å². The SMILES string of the molecule is CCCOC(=O)CCC(C(=O)S)c1cc(C(C)(C)C)c(O)c(C(C)(C)C)c1. The molecular formula is C22H34O4S. The van der Waals surface area contributed by atoms with Crippen molar-refractivity contribution in [3.63, 3.8) is 0 Å². The van der Waals surface area contributed by atoms with Gasteiger partial charge in [0, 0.05) is 6.42 Å². The predicted octanol–water partition coefficient (Wildman–Crippen LogP) is 5.26. The first-order valence-corrected chi connectivity index (χ1v) is 10.00. The van der Waals surface area contributed by atoms with Gasteiger partial charge in [0.2, 0.25) is 0 Å². The Balaban J connectivity index is 3.34. The van der Waals surface area contributed by atoms with Crippen LogP contribution in [0.4, 0.5) is 0 Å². The van der Waals surface area contributed by atoms with Gasteiger partial charge in [-0.2, -0.15) is 0 Å². The molecule has 0 heterocycles. The fraction of sp³-hybridized carbons (Fsp3) is 0.636. The Bertz CT molecular complexity index is 646. The number of hydrogen-bond donors (Lipinski definition) is 2. The topological polar surface area (TPSA) is 63.6 Å². The maximum Gasteiger partial charge on any atom is 0.305 e. The molecule has 0 fully saturated rings. The minimum atomic E-state index is -0.523. The summed E-state index contributed by atoms with van der Waals surface area (Å²) in [6.07, 6.45) is 1.26. The highest BCUT2D eigenvalue weighted by atomic mass is 32.1.